The van der Waals surface area contributed by atoms with Crippen molar-refractivity contribution in [3.63, 3.8) is 0 Å². The molecule has 0 radical (unpaired) electrons. The summed E-state index contributed by atoms with van der Waals surface area (Å²) in [6.45, 7) is 14.1. The Morgan fingerprint density at radius 2 is 1.81 bits per heavy atom. The Morgan fingerprint density at radius 1 is 1.19 bits per heavy atom. The molecule has 1 unspecified atom stereocenters. The van der Waals surface area contributed by atoms with Crippen molar-refractivity contribution in [1.29, 1.82) is 0 Å². The minimum atomic E-state index is -0.201. The lowest BCUT2D eigenvalue weighted by Crippen LogP contribution is -2.72. The second kappa shape index (κ2) is 7.76. The number of halogens is 1. The first-order valence-corrected chi connectivity index (χ1v) is 9.82. The molecule has 1 aromatic rings. The third-order valence-electron chi connectivity index (χ3n) is 6.55. The van der Waals surface area contributed by atoms with E-state index in [1.165, 1.54) is 0 Å². The zero-order chi connectivity index (χ0) is 19.7. The largest absolute Gasteiger partial charge is 0.379 e. The standard InChI is InChI=1S/C21H33FN4O/c1-20(2)15-26(21(20,3)4)19(23-5)24-14-18(25-10-12-27-13-11-25)16-6-8-17(22)9-7-16/h6-9,18H,10-15H2,1-5H3,(H,23,24). The smallest absolute Gasteiger partial charge is 0.194 e. The molecule has 0 saturated carbocycles. The van der Waals surface area contributed by atoms with Gasteiger partial charge in [-0.3, -0.25) is 9.89 Å². The molecule has 2 aliphatic heterocycles. The topological polar surface area (TPSA) is 40.1 Å². The van der Waals surface area contributed by atoms with Crippen molar-refractivity contribution in [2.45, 2.75) is 39.3 Å². The van der Waals surface area contributed by atoms with Gasteiger partial charge in [0.25, 0.3) is 0 Å². The fraction of sp³-hybridized carbons (Fsp3) is 0.667. The molecule has 2 saturated heterocycles. The molecule has 0 amide bonds. The van der Waals surface area contributed by atoms with Crippen LogP contribution in [0.1, 0.15) is 39.3 Å². The van der Waals surface area contributed by atoms with Crippen molar-refractivity contribution in [3.8, 4) is 0 Å². The summed E-state index contributed by atoms with van der Waals surface area (Å²) in [5, 5.41) is 3.57. The lowest BCUT2D eigenvalue weighted by molar-refractivity contribution is -0.0670. The molecular weight excluding hydrogens is 343 g/mol. The van der Waals surface area contributed by atoms with Gasteiger partial charge in [-0.05, 0) is 31.5 Å². The highest BCUT2D eigenvalue weighted by Crippen LogP contribution is 2.46. The molecule has 0 bridgehead atoms. The lowest BCUT2D eigenvalue weighted by atomic mass is 9.65. The maximum atomic E-state index is 13.4. The van der Waals surface area contributed by atoms with Gasteiger partial charge in [0.2, 0.25) is 0 Å². The Hall–Kier alpha value is -1.66. The van der Waals surface area contributed by atoms with Gasteiger partial charge in [0.05, 0.1) is 19.3 Å². The van der Waals surface area contributed by atoms with Gasteiger partial charge in [-0.1, -0.05) is 26.0 Å². The summed E-state index contributed by atoms with van der Waals surface area (Å²) < 4.78 is 18.9. The highest BCUT2D eigenvalue weighted by Gasteiger charge is 2.53. The van der Waals surface area contributed by atoms with Crippen LogP contribution in [0.25, 0.3) is 0 Å². The van der Waals surface area contributed by atoms with Gasteiger partial charge in [-0.25, -0.2) is 4.39 Å². The quantitative estimate of drug-likeness (QED) is 0.648. The molecule has 0 spiro atoms. The van der Waals surface area contributed by atoms with E-state index in [0.717, 1.165) is 50.9 Å². The van der Waals surface area contributed by atoms with Crippen LogP contribution < -0.4 is 5.32 Å². The Kier molecular flexibility index (Phi) is 5.77. The molecule has 2 fully saturated rings. The molecule has 1 N–H and O–H groups in total. The van der Waals surface area contributed by atoms with Gasteiger partial charge < -0.3 is 15.0 Å². The number of nitrogens with one attached hydrogen (secondary N) is 1. The molecule has 6 heteroatoms. The van der Waals surface area contributed by atoms with Gasteiger partial charge in [0.15, 0.2) is 5.96 Å². The number of hydrogen-bond donors (Lipinski definition) is 1. The summed E-state index contributed by atoms with van der Waals surface area (Å²) in [7, 11) is 1.84. The fourth-order valence-corrected chi connectivity index (χ4v) is 3.92. The van der Waals surface area contributed by atoms with Gasteiger partial charge in [0.1, 0.15) is 5.82 Å². The summed E-state index contributed by atoms with van der Waals surface area (Å²) in [6, 6.07) is 7.01. The monoisotopic (exact) mass is 376 g/mol. The number of rotatable bonds is 4. The molecular formula is C21H33FN4O. The minimum Gasteiger partial charge on any atom is -0.379 e. The highest BCUT2D eigenvalue weighted by molar-refractivity contribution is 5.82. The maximum Gasteiger partial charge on any atom is 0.194 e. The summed E-state index contributed by atoms with van der Waals surface area (Å²) in [6.07, 6.45) is 0. The van der Waals surface area contributed by atoms with Crippen LogP contribution in [0.2, 0.25) is 0 Å². The van der Waals surface area contributed by atoms with Gasteiger partial charge in [-0.15, -0.1) is 0 Å². The van der Waals surface area contributed by atoms with Crippen LogP contribution in [-0.4, -0.2) is 67.7 Å². The molecule has 27 heavy (non-hydrogen) atoms. The number of benzene rings is 1. The highest BCUT2D eigenvalue weighted by atomic mass is 19.1. The van der Waals surface area contributed by atoms with E-state index in [1.807, 2.05) is 19.2 Å². The third kappa shape index (κ3) is 3.97. The predicted molar refractivity (Wildman–Crippen MR) is 107 cm³/mol. The molecule has 1 aromatic carbocycles. The Balaban J connectivity index is 1.73. The van der Waals surface area contributed by atoms with Crippen LogP contribution in [0.3, 0.4) is 0 Å². The molecule has 0 aliphatic carbocycles. The minimum absolute atomic E-state index is 0.0547. The normalized spacial score (nSPS) is 23.6. The van der Waals surface area contributed by atoms with E-state index in [-0.39, 0.29) is 22.8 Å². The number of guanidine groups is 1. The Bertz CT molecular complexity index is 665. The van der Waals surface area contributed by atoms with Crippen LogP contribution in [0.15, 0.2) is 29.3 Å². The molecule has 0 aromatic heterocycles. The van der Waals surface area contributed by atoms with Crippen LogP contribution in [0.4, 0.5) is 4.39 Å². The van der Waals surface area contributed by atoms with Gasteiger partial charge in [-0.2, -0.15) is 0 Å². The molecule has 5 nitrogen and oxygen atoms in total. The third-order valence-corrected chi connectivity index (χ3v) is 6.55. The first kappa shape index (κ1) is 20.1. The second-order valence-electron chi connectivity index (χ2n) is 8.67. The van der Waals surface area contributed by atoms with Gasteiger partial charge >= 0.3 is 0 Å². The summed E-state index contributed by atoms with van der Waals surface area (Å²) >= 11 is 0. The number of morpholine rings is 1. The zero-order valence-electron chi connectivity index (χ0n) is 17.3. The number of hydrogen-bond acceptors (Lipinski definition) is 3. The average Bonchev–Trinajstić information content (AvgIpc) is 2.66. The van der Waals surface area contributed by atoms with Crippen molar-refractivity contribution in [3.05, 3.63) is 35.6 Å². The average molecular weight is 377 g/mol. The number of nitrogens with zero attached hydrogens (tertiary/aromatic N) is 3. The van der Waals surface area contributed by atoms with Crippen molar-refractivity contribution in [1.82, 2.24) is 15.1 Å². The van der Waals surface area contributed by atoms with E-state index in [1.54, 1.807) is 12.1 Å². The van der Waals surface area contributed by atoms with Crippen molar-refractivity contribution >= 4 is 5.96 Å². The number of likely N-dealkylation sites (tertiary alicyclic amines) is 1. The van der Waals surface area contributed by atoms with E-state index >= 15 is 0 Å². The van der Waals surface area contributed by atoms with E-state index in [4.69, 9.17) is 4.74 Å². The first-order valence-electron chi connectivity index (χ1n) is 9.82. The first-order chi connectivity index (χ1) is 12.8. The van der Waals surface area contributed by atoms with Crippen molar-refractivity contribution in [2.24, 2.45) is 10.4 Å². The number of aliphatic imine (C=N–C) groups is 1. The van der Waals surface area contributed by atoms with Gasteiger partial charge in [0, 0.05) is 44.2 Å². The van der Waals surface area contributed by atoms with Crippen LogP contribution in [-0.2, 0) is 4.74 Å². The van der Waals surface area contributed by atoms with E-state index < -0.39 is 0 Å². The van der Waals surface area contributed by atoms with Crippen LogP contribution in [0.5, 0.6) is 0 Å². The summed E-state index contributed by atoms with van der Waals surface area (Å²) in [5.41, 5.74) is 1.43. The molecule has 2 heterocycles. The molecule has 3 rings (SSSR count). The van der Waals surface area contributed by atoms with E-state index in [2.05, 4.69) is 47.8 Å². The Morgan fingerprint density at radius 3 is 2.33 bits per heavy atom. The summed E-state index contributed by atoms with van der Waals surface area (Å²) in [5.74, 6) is 0.729. The molecule has 2 aliphatic rings. The SMILES string of the molecule is CN=C(NCC(c1ccc(F)cc1)N1CCOCC1)N1CC(C)(C)C1(C)C. The predicted octanol–water partition coefficient (Wildman–Crippen LogP) is 2.89. The fourth-order valence-electron chi connectivity index (χ4n) is 3.92. The second-order valence-corrected chi connectivity index (χ2v) is 8.67. The zero-order valence-corrected chi connectivity index (χ0v) is 17.3. The van der Waals surface area contributed by atoms with Crippen molar-refractivity contribution < 1.29 is 9.13 Å². The van der Waals surface area contributed by atoms with Crippen LogP contribution in [0, 0.1) is 11.2 Å². The number of ether oxygens (including phenoxy) is 1. The van der Waals surface area contributed by atoms with Crippen molar-refractivity contribution in [2.75, 3.05) is 46.4 Å². The maximum absolute atomic E-state index is 13.4. The van der Waals surface area contributed by atoms with Crippen LogP contribution >= 0.6 is 0 Å². The Labute approximate surface area is 162 Å². The lowest BCUT2D eigenvalue weighted by Gasteiger charge is -2.62. The molecule has 150 valence electrons. The summed E-state index contributed by atoms with van der Waals surface area (Å²) in [4.78, 5) is 9.27. The van der Waals surface area contributed by atoms with E-state index in [0.29, 0.717) is 0 Å². The van der Waals surface area contributed by atoms with E-state index in [9.17, 15) is 4.39 Å². The molecule has 1 atom stereocenters.